The topological polar surface area (TPSA) is 54.5 Å². The number of hydrogen-bond donors (Lipinski definition) is 3. The summed E-state index contributed by atoms with van der Waals surface area (Å²) in [6.45, 7) is 8.68. The minimum Gasteiger partial charge on any atom is -0.489 e. The van der Waals surface area contributed by atoms with E-state index >= 15 is 0 Å². The lowest BCUT2D eigenvalue weighted by atomic mass is 9.99. The van der Waals surface area contributed by atoms with Gasteiger partial charge in [-0.05, 0) is 93.0 Å². The van der Waals surface area contributed by atoms with Gasteiger partial charge < -0.3 is 14.8 Å². The van der Waals surface area contributed by atoms with Gasteiger partial charge in [-0.2, -0.15) is 0 Å². The molecule has 0 aromatic heterocycles. The highest BCUT2D eigenvalue weighted by Crippen LogP contribution is 2.37. The Bertz CT molecular complexity index is 1200. The van der Waals surface area contributed by atoms with Gasteiger partial charge in [0.15, 0.2) is 5.11 Å². The molecule has 0 aliphatic carbocycles. The largest absolute Gasteiger partial charge is 0.489 e. The molecule has 0 bridgehead atoms. The van der Waals surface area contributed by atoms with Crippen LogP contribution in [0.25, 0.3) is 5.70 Å². The molecule has 3 aromatic rings. The number of thiocarbonyl (C=S) groups is 1. The molecule has 170 valence electrons. The van der Waals surface area contributed by atoms with E-state index in [-0.39, 0.29) is 0 Å². The van der Waals surface area contributed by atoms with Crippen molar-refractivity contribution in [3.63, 3.8) is 0 Å². The Hall–Kier alpha value is -3.51. The third kappa shape index (κ3) is 5.84. The van der Waals surface area contributed by atoms with Crippen molar-refractivity contribution >= 4 is 28.7 Å². The molecule has 0 saturated heterocycles. The molecule has 1 aliphatic rings. The minimum absolute atomic E-state index is 0.466. The number of fused-ring (bicyclic) bond motifs is 1. The van der Waals surface area contributed by atoms with Gasteiger partial charge in [0.1, 0.15) is 23.7 Å². The second-order valence-electron chi connectivity index (χ2n) is 8.71. The molecular weight excluding hydrogens is 430 g/mol. The average molecular weight is 460 g/mol. The molecule has 1 aliphatic heterocycles. The number of benzene rings is 3. The van der Waals surface area contributed by atoms with Crippen molar-refractivity contribution in [1.29, 1.82) is 0 Å². The Morgan fingerprint density at radius 1 is 1.00 bits per heavy atom. The number of ether oxygens (including phenoxy) is 2. The first-order chi connectivity index (χ1) is 15.8. The molecule has 33 heavy (non-hydrogen) atoms. The van der Waals surface area contributed by atoms with Crippen molar-refractivity contribution < 1.29 is 9.47 Å². The van der Waals surface area contributed by atoms with Gasteiger partial charge in [-0.15, -0.1) is 0 Å². The van der Waals surface area contributed by atoms with Gasteiger partial charge in [0.25, 0.3) is 0 Å². The summed E-state index contributed by atoms with van der Waals surface area (Å²) in [7, 11) is 0. The number of hydrazine groups is 1. The second kappa shape index (κ2) is 9.55. The van der Waals surface area contributed by atoms with Gasteiger partial charge in [-0.25, -0.2) is 0 Å². The molecule has 0 amide bonds. The highest BCUT2D eigenvalue weighted by atomic mass is 32.1. The normalized spacial score (nSPS) is 13.8. The fourth-order valence-electron chi connectivity index (χ4n) is 3.68. The molecule has 3 N–H and O–H groups in total. The van der Waals surface area contributed by atoms with Crippen LogP contribution in [0.4, 0.5) is 5.69 Å². The summed E-state index contributed by atoms with van der Waals surface area (Å²) < 4.78 is 12.2. The molecule has 0 radical (unpaired) electrons. The number of hydrogen-bond acceptors (Lipinski definition) is 4. The highest BCUT2D eigenvalue weighted by molar-refractivity contribution is 7.80. The quantitative estimate of drug-likeness (QED) is 0.316. The zero-order chi connectivity index (χ0) is 23.4. The first-order valence-electron chi connectivity index (χ1n) is 10.9. The van der Waals surface area contributed by atoms with Gasteiger partial charge in [0.05, 0.1) is 5.70 Å². The summed E-state index contributed by atoms with van der Waals surface area (Å²) in [5.41, 5.74) is 12.1. The van der Waals surface area contributed by atoms with Crippen molar-refractivity contribution in [2.24, 2.45) is 0 Å². The Labute approximate surface area is 200 Å². The summed E-state index contributed by atoms with van der Waals surface area (Å²) in [4.78, 5) is 0. The molecule has 0 atom stereocenters. The summed E-state index contributed by atoms with van der Waals surface area (Å²) in [5, 5.41) is 3.67. The van der Waals surface area contributed by atoms with Crippen molar-refractivity contribution in [3.05, 3.63) is 95.1 Å². The first kappa shape index (κ1) is 22.7. The molecule has 0 saturated carbocycles. The maximum absolute atomic E-state index is 6.15. The summed E-state index contributed by atoms with van der Waals surface area (Å²) in [5.74, 6) is 1.56. The van der Waals surface area contributed by atoms with Crippen molar-refractivity contribution in [1.82, 2.24) is 10.9 Å². The van der Waals surface area contributed by atoms with Gasteiger partial charge in [0, 0.05) is 11.3 Å². The molecule has 6 heteroatoms. The Kier molecular flexibility index (Phi) is 6.56. The number of nitrogens with one attached hydrogen (secondary N) is 3. The smallest absolute Gasteiger partial charge is 0.189 e. The van der Waals surface area contributed by atoms with Crippen molar-refractivity contribution in [2.75, 3.05) is 5.32 Å². The minimum atomic E-state index is -0.466. The van der Waals surface area contributed by atoms with Crippen molar-refractivity contribution in [3.8, 4) is 11.5 Å². The maximum Gasteiger partial charge on any atom is 0.189 e. The molecule has 1 heterocycles. The van der Waals surface area contributed by atoms with Gasteiger partial charge in [-0.1, -0.05) is 36.4 Å². The van der Waals surface area contributed by atoms with Crippen LogP contribution in [-0.4, -0.2) is 10.7 Å². The van der Waals surface area contributed by atoms with Crippen molar-refractivity contribution in [2.45, 2.75) is 39.9 Å². The zero-order valence-electron chi connectivity index (χ0n) is 19.4. The van der Waals surface area contributed by atoms with Crippen LogP contribution in [0.1, 0.15) is 36.1 Å². The number of rotatable bonds is 6. The number of aryl methyl sites for hydroxylation is 2. The Balaban J connectivity index is 1.47. The van der Waals surface area contributed by atoms with Crippen LogP contribution in [0.15, 0.2) is 72.8 Å². The van der Waals surface area contributed by atoms with E-state index < -0.39 is 5.60 Å². The van der Waals surface area contributed by atoms with Crippen LogP contribution >= 0.6 is 12.2 Å². The summed E-state index contributed by atoms with van der Waals surface area (Å²) in [6.07, 6.45) is 2.03. The molecule has 0 unspecified atom stereocenters. The monoisotopic (exact) mass is 459 g/mol. The fourth-order valence-corrected chi connectivity index (χ4v) is 3.85. The fraction of sp³-hybridized carbons (Fsp3) is 0.222. The highest BCUT2D eigenvalue weighted by Gasteiger charge is 2.27. The zero-order valence-corrected chi connectivity index (χ0v) is 20.2. The number of anilines is 1. The van der Waals surface area contributed by atoms with Crippen LogP contribution in [0, 0.1) is 13.8 Å². The Morgan fingerprint density at radius 2 is 1.82 bits per heavy atom. The lowest BCUT2D eigenvalue weighted by Crippen LogP contribution is -2.41. The van der Waals surface area contributed by atoms with E-state index in [0.717, 1.165) is 39.6 Å². The average Bonchev–Trinajstić information content (AvgIpc) is 2.76. The van der Waals surface area contributed by atoms with Crippen LogP contribution in [0.5, 0.6) is 11.5 Å². The maximum atomic E-state index is 6.15. The van der Waals surface area contributed by atoms with E-state index in [1.54, 1.807) is 0 Å². The molecule has 3 aromatic carbocycles. The first-order valence-corrected chi connectivity index (χ1v) is 11.3. The molecule has 0 fully saturated rings. The molecule has 4 rings (SSSR count). The van der Waals surface area contributed by atoms with Crippen LogP contribution in [0.2, 0.25) is 0 Å². The van der Waals surface area contributed by atoms with Gasteiger partial charge in [0.2, 0.25) is 0 Å². The molecule has 5 nitrogen and oxygen atoms in total. The Morgan fingerprint density at radius 3 is 2.61 bits per heavy atom. The van der Waals surface area contributed by atoms with E-state index in [1.165, 1.54) is 5.56 Å². The van der Waals surface area contributed by atoms with Crippen LogP contribution in [0.3, 0.4) is 0 Å². The summed E-state index contributed by atoms with van der Waals surface area (Å²) in [6, 6.07) is 22.2. The predicted octanol–water partition coefficient (Wildman–Crippen LogP) is 5.89. The van der Waals surface area contributed by atoms with E-state index in [1.807, 2.05) is 81.4 Å². The van der Waals surface area contributed by atoms with Gasteiger partial charge >= 0.3 is 0 Å². The standard InChI is InChI=1S/C27H29N3O2S/c1-18-8-7-11-21(14-18)28-26(33)30-29-24-16-27(3,4)32-25-13-12-22(15-23(24)25)31-17-20-10-6-5-9-19(20)2/h5-16,29H,17H2,1-4H3,(H2,28,30,33). The van der Waals surface area contributed by atoms with Crippen LogP contribution in [-0.2, 0) is 6.61 Å². The van der Waals surface area contributed by atoms with E-state index in [4.69, 9.17) is 21.7 Å². The third-order valence-corrected chi connectivity index (χ3v) is 5.55. The molecular formula is C27H29N3O2S. The summed E-state index contributed by atoms with van der Waals surface area (Å²) >= 11 is 5.47. The third-order valence-electron chi connectivity index (χ3n) is 5.35. The van der Waals surface area contributed by atoms with E-state index in [9.17, 15) is 0 Å². The SMILES string of the molecule is Cc1cccc(NC(=S)NNC2=CC(C)(C)Oc3ccc(OCc4ccccc4C)cc32)c1. The van der Waals surface area contributed by atoms with Crippen LogP contribution < -0.4 is 25.6 Å². The lowest BCUT2D eigenvalue weighted by molar-refractivity contribution is 0.157. The predicted molar refractivity (Wildman–Crippen MR) is 138 cm³/mol. The molecule has 0 spiro atoms. The van der Waals surface area contributed by atoms with E-state index in [2.05, 4.69) is 35.2 Å². The second-order valence-corrected chi connectivity index (χ2v) is 9.12. The van der Waals surface area contributed by atoms with Gasteiger partial charge in [-0.3, -0.25) is 10.9 Å². The van der Waals surface area contributed by atoms with E-state index in [0.29, 0.717) is 11.7 Å². The lowest BCUT2D eigenvalue weighted by Gasteiger charge is -2.32.